The fourth-order valence-electron chi connectivity index (χ4n) is 3.34. The molecule has 2 unspecified atom stereocenters. The molecule has 21 heavy (non-hydrogen) atoms. The van der Waals surface area contributed by atoms with Crippen molar-refractivity contribution in [1.29, 1.82) is 0 Å². The fraction of sp³-hybridized carbons (Fsp3) is 0.647. The highest BCUT2D eigenvalue weighted by molar-refractivity contribution is 5.44. The average molecular weight is 290 g/mol. The SMILES string of the molecule is CC(CCc1ccc2c(c1)OCO2)N1CCCC(CN)C1. The molecule has 0 aromatic heterocycles. The zero-order valence-corrected chi connectivity index (χ0v) is 12.9. The highest BCUT2D eigenvalue weighted by Crippen LogP contribution is 2.33. The van der Waals surface area contributed by atoms with Crippen molar-refractivity contribution in [2.24, 2.45) is 11.7 Å². The Morgan fingerprint density at radius 3 is 3.05 bits per heavy atom. The lowest BCUT2D eigenvalue weighted by Gasteiger charge is -2.36. The molecule has 0 bridgehead atoms. The molecule has 2 aliphatic heterocycles. The first-order valence-electron chi connectivity index (χ1n) is 8.09. The van der Waals surface area contributed by atoms with E-state index in [4.69, 9.17) is 15.2 Å². The van der Waals surface area contributed by atoms with Crippen LogP contribution in [0.15, 0.2) is 18.2 Å². The summed E-state index contributed by atoms with van der Waals surface area (Å²) in [7, 11) is 0. The second-order valence-corrected chi connectivity index (χ2v) is 6.31. The Morgan fingerprint density at radius 2 is 2.19 bits per heavy atom. The maximum absolute atomic E-state index is 5.83. The van der Waals surface area contributed by atoms with E-state index in [-0.39, 0.29) is 0 Å². The Labute approximate surface area is 127 Å². The second-order valence-electron chi connectivity index (χ2n) is 6.31. The van der Waals surface area contributed by atoms with Gasteiger partial charge in [0.05, 0.1) is 0 Å². The summed E-state index contributed by atoms with van der Waals surface area (Å²) in [5, 5.41) is 0. The minimum absolute atomic E-state index is 0.351. The summed E-state index contributed by atoms with van der Waals surface area (Å²) in [6, 6.07) is 6.91. The highest BCUT2D eigenvalue weighted by Gasteiger charge is 2.22. The number of nitrogens with zero attached hydrogens (tertiary/aromatic N) is 1. The van der Waals surface area contributed by atoms with Gasteiger partial charge in [-0.05, 0) is 69.3 Å². The predicted octanol–water partition coefficient (Wildman–Crippen LogP) is 2.41. The summed E-state index contributed by atoms with van der Waals surface area (Å²) in [6.45, 7) is 5.90. The van der Waals surface area contributed by atoms with Gasteiger partial charge in [-0.2, -0.15) is 0 Å². The van der Waals surface area contributed by atoms with Crippen LogP contribution in [0.25, 0.3) is 0 Å². The Morgan fingerprint density at radius 1 is 1.33 bits per heavy atom. The van der Waals surface area contributed by atoms with Crippen LogP contribution in [0.5, 0.6) is 11.5 Å². The van der Waals surface area contributed by atoms with Crippen molar-refractivity contribution in [3.63, 3.8) is 0 Å². The van der Waals surface area contributed by atoms with Crippen molar-refractivity contribution in [3.05, 3.63) is 23.8 Å². The number of likely N-dealkylation sites (tertiary alicyclic amines) is 1. The minimum atomic E-state index is 0.351. The molecule has 2 N–H and O–H groups in total. The van der Waals surface area contributed by atoms with Crippen molar-refractivity contribution in [3.8, 4) is 11.5 Å². The molecule has 0 aliphatic carbocycles. The van der Waals surface area contributed by atoms with Crippen LogP contribution in [-0.2, 0) is 6.42 Å². The van der Waals surface area contributed by atoms with E-state index in [0.29, 0.717) is 18.8 Å². The zero-order chi connectivity index (χ0) is 14.7. The van der Waals surface area contributed by atoms with Crippen LogP contribution >= 0.6 is 0 Å². The predicted molar refractivity (Wildman–Crippen MR) is 83.7 cm³/mol. The third-order valence-corrected chi connectivity index (χ3v) is 4.79. The number of nitrogens with two attached hydrogens (primary N) is 1. The Balaban J connectivity index is 1.52. The topological polar surface area (TPSA) is 47.7 Å². The molecule has 2 atom stereocenters. The summed E-state index contributed by atoms with van der Waals surface area (Å²) in [6.07, 6.45) is 4.84. The summed E-state index contributed by atoms with van der Waals surface area (Å²) >= 11 is 0. The molecule has 4 nitrogen and oxygen atoms in total. The van der Waals surface area contributed by atoms with E-state index in [9.17, 15) is 0 Å². The number of ether oxygens (including phenoxy) is 2. The van der Waals surface area contributed by atoms with Gasteiger partial charge in [0.1, 0.15) is 0 Å². The number of benzene rings is 1. The summed E-state index contributed by atoms with van der Waals surface area (Å²) in [4.78, 5) is 2.61. The largest absolute Gasteiger partial charge is 0.454 e. The number of fused-ring (bicyclic) bond motifs is 1. The Kier molecular flexibility index (Phi) is 4.66. The van der Waals surface area contributed by atoms with Gasteiger partial charge in [0.2, 0.25) is 6.79 Å². The van der Waals surface area contributed by atoms with E-state index in [0.717, 1.165) is 24.5 Å². The molecule has 0 saturated carbocycles. The average Bonchev–Trinajstić information content (AvgIpc) is 3.00. The van der Waals surface area contributed by atoms with Gasteiger partial charge in [0, 0.05) is 12.6 Å². The zero-order valence-electron chi connectivity index (χ0n) is 12.9. The Hall–Kier alpha value is -1.26. The molecule has 1 aromatic rings. The third kappa shape index (κ3) is 3.50. The highest BCUT2D eigenvalue weighted by atomic mass is 16.7. The summed E-state index contributed by atoms with van der Waals surface area (Å²) in [5.74, 6) is 2.45. The van der Waals surface area contributed by atoms with E-state index in [1.54, 1.807) is 0 Å². The molecule has 0 spiro atoms. The van der Waals surface area contributed by atoms with Gasteiger partial charge in [-0.1, -0.05) is 6.07 Å². The maximum atomic E-state index is 5.83. The van der Waals surface area contributed by atoms with E-state index in [1.807, 2.05) is 6.07 Å². The molecule has 1 fully saturated rings. The Bertz CT molecular complexity index is 478. The first-order chi connectivity index (χ1) is 10.3. The normalized spacial score (nSPS) is 23.2. The van der Waals surface area contributed by atoms with Crippen molar-refractivity contribution in [1.82, 2.24) is 4.90 Å². The number of rotatable bonds is 5. The van der Waals surface area contributed by atoms with E-state index < -0.39 is 0 Å². The maximum Gasteiger partial charge on any atom is 0.231 e. The lowest BCUT2D eigenvalue weighted by atomic mass is 9.95. The van der Waals surface area contributed by atoms with Gasteiger partial charge in [-0.25, -0.2) is 0 Å². The molecule has 4 heteroatoms. The molecular weight excluding hydrogens is 264 g/mol. The smallest absolute Gasteiger partial charge is 0.231 e. The lowest BCUT2D eigenvalue weighted by Crippen LogP contribution is -2.43. The molecule has 0 amide bonds. The number of aryl methyl sites for hydroxylation is 1. The molecule has 116 valence electrons. The van der Waals surface area contributed by atoms with Gasteiger partial charge in [0.15, 0.2) is 11.5 Å². The van der Waals surface area contributed by atoms with Crippen molar-refractivity contribution < 1.29 is 9.47 Å². The van der Waals surface area contributed by atoms with Crippen molar-refractivity contribution in [2.45, 2.75) is 38.6 Å². The van der Waals surface area contributed by atoms with Crippen LogP contribution in [0.3, 0.4) is 0 Å². The summed E-state index contributed by atoms with van der Waals surface area (Å²) < 4.78 is 10.8. The monoisotopic (exact) mass is 290 g/mol. The number of piperidine rings is 1. The second kappa shape index (κ2) is 6.67. The number of hydrogen-bond acceptors (Lipinski definition) is 4. The lowest BCUT2D eigenvalue weighted by molar-refractivity contribution is 0.129. The number of hydrogen-bond donors (Lipinski definition) is 1. The third-order valence-electron chi connectivity index (χ3n) is 4.79. The van der Waals surface area contributed by atoms with Gasteiger partial charge in [0.25, 0.3) is 0 Å². The molecule has 2 heterocycles. The van der Waals surface area contributed by atoms with Crippen LogP contribution in [0.1, 0.15) is 31.7 Å². The van der Waals surface area contributed by atoms with Gasteiger partial charge in [-0.15, -0.1) is 0 Å². The molecular formula is C17H26N2O2. The van der Waals surface area contributed by atoms with Crippen LogP contribution in [0.4, 0.5) is 0 Å². The van der Waals surface area contributed by atoms with Crippen LogP contribution in [-0.4, -0.2) is 37.4 Å². The molecule has 1 saturated heterocycles. The van der Waals surface area contributed by atoms with E-state index >= 15 is 0 Å². The van der Waals surface area contributed by atoms with E-state index in [2.05, 4.69) is 24.0 Å². The van der Waals surface area contributed by atoms with Crippen LogP contribution in [0, 0.1) is 5.92 Å². The van der Waals surface area contributed by atoms with Crippen molar-refractivity contribution in [2.75, 3.05) is 26.4 Å². The van der Waals surface area contributed by atoms with E-state index in [1.165, 1.54) is 37.9 Å². The van der Waals surface area contributed by atoms with Gasteiger partial charge >= 0.3 is 0 Å². The minimum Gasteiger partial charge on any atom is -0.454 e. The van der Waals surface area contributed by atoms with Gasteiger partial charge in [-0.3, -0.25) is 0 Å². The molecule has 2 aliphatic rings. The molecule has 0 radical (unpaired) electrons. The molecule has 3 rings (SSSR count). The van der Waals surface area contributed by atoms with Gasteiger partial charge < -0.3 is 20.1 Å². The summed E-state index contributed by atoms with van der Waals surface area (Å²) in [5.41, 5.74) is 7.16. The van der Waals surface area contributed by atoms with Crippen LogP contribution in [0.2, 0.25) is 0 Å². The quantitative estimate of drug-likeness (QED) is 0.904. The van der Waals surface area contributed by atoms with Crippen molar-refractivity contribution >= 4 is 0 Å². The van der Waals surface area contributed by atoms with Crippen LogP contribution < -0.4 is 15.2 Å². The first-order valence-corrected chi connectivity index (χ1v) is 8.09. The fourth-order valence-corrected chi connectivity index (χ4v) is 3.34. The first kappa shape index (κ1) is 14.7. The molecule has 1 aromatic carbocycles. The standard InChI is InChI=1S/C17H26N2O2/c1-13(19-8-2-3-15(10-18)11-19)4-5-14-6-7-16-17(9-14)21-12-20-16/h6-7,9,13,15H,2-5,8,10-12,18H2,1H3.